The normalized spacial score (nSPS) is 13.2. The number of hydrogen-bond donors (Lipinski definition) is 0. The zero-order chi connectivity index (χ0) is 28.4. The first-order chi connectivity index (χ1) is 20.5. The van der Waals surface area contributed by atoms with Crippen LogP contribution in [-0.2, 0) is 5.41 Å². The second kappa shape index (κ2) is 8.95. The molecule has 5 nitrogen and oxygen atoms in total. The SMILES string of the molecule is [C-]#[N+]c1ccc2c(c1)c(-c1ccc3c(c1)C(C)(C)c1ccccc1-3)cc1nn(-c3ccccc3-c3ccncc3)nc12. The molecule has 2 aromatic heterocycles. The van der Waals surface area contributed by atoms with Gasteiger partial charge in [0, 0.05) is 28.8 Å². The molecule has 0 atom stereocenters. The van der Waals surface area contributed by atoms with Crippen LogP contribution in [0.5, 0.6) is 0 Å². The summed E-state index contributed by atoms with van der Waals surface area (Å²) >= 11 is 0. The lowest BCUT2D eigenvalue weighted by Gasteiger charge is -2.22. The summed E-state index contributed by atoms with van der Waals surface area (Å²) in [5.41, 5.74) is 12.5. The smallest absolute Gasteiger partial charge is 0.187 e. The molecule has 0 amide bonds. The van der Waals surface area contributed by atoms with E-state index in [9.17, 15) is 0 Å². The molecule has 42 heavy (non-hydrogen) atoms. The summed E-state index contributed by atoms with van der Waals surface area (Å²) in [5, 5.41) is 12.0. The van der Waals surface area contributed by atoms with Crippen molar-refractivity contribution in [2.45, 2.75) is 19.3 Å². The zero-order valence-corrected chi connectivity index (χ0v) is 23.2. The van der Waals surface area contributed by atoms with Crippen LogP contribution >= 0.6 is 0 Å². The van der Waals surface area contributed by atoms with Crippen molar-refractivity contribution in [2.75, 3.05) is 0 Å². The van der Waals surface area contributed by atoms with E-state index in [2.05, 4.69) is 78.3 Å². The molecule has 0 spiro atoms. The summed E-state index contributed by atoms with van der Waals surface area (Å²) in [5.74, 6) is 0. The maximum Gasteiger partial charge on any atom is 0.187 e. The highest BCUT2D eigenvalue weighted by molar-refractivity contribution is 6.12. The van der Waals surface area contributed by atoms with Crippen molar-refractivity contribution >= 4 is 27.5 Å². The molecule has 0 aliphatic heterocycles. The van der Waals surface area contributed by atoms with Crippen LogP contribution in [0.2, 0.25) is 0 Å². The Balaban J connectivity index is 1.36. The van der Waals surface area contributed by atoms with Crippen molar-refractivity contribution in [1.82, 2.24) is 20.0 Å². The fraction of sp³-hybridized carbons (Fsp3) is 0.0811. The average molecular weight is 540 g/mol. The summed E-state index contributed by atoms with van der Waals surface area (Å²) in [7, 11) is 0. The molecule has 0 saturated carbocycles. The molecule has 1 aliphatic carbocycles. The molecule has 0 saturated heterocycles. The van der Waals surface area contributed by atoms with Gasteiger partial charge in [-0.25, -0.2) is 4.85 Å². The Labute approximate surface area is 243 Å². The average Bonchev–Trinajstić information content (AvgIpc) is 3.57. The highest BCUT2D eigenvalue weighted by Gasteiger charge is 2.35. The highest BCUT2D eigenvalue weighted by atomic mass is 15.5. The molecular formula is C37H25N5. The topological polar surface area (TPSA) is 48.0 Å². The summed E-state index contributed by atoms with van der Waals surface area (Å²) < 4.78 is 0. The number of benzene rings is 5. The van der Waals surface area contributed by atoms with E-state index in [1.54, 1.807) is 17.2 Å². The van der Waals surface area contributed by atoms with E-state index in [4.69, 9.17) is 16.8 Å². The number of hydrogen-bond acceptors (Lipinski definition) is 3. The van der Waals surface area contributed by atoms with E-state index in [1.807, 2.05) is 48.5 Å². The van der Waals surface area contributed by atoms with Crippen LogP contribution in [0.4, 0.5) is 5.69 Å². The van der Waals surface area contributed by atoms with Gasteiger partial charge in [0.1, 0.15) is 11.0 Å². The molecule has 5 heteroatoms. The van der Waals surface area contributed by atoms with Gasteiger partial charge >= 0.3 is 0 Å². The third kappa shape index (κ3) is 3.52. The highest BCUT2D eigenvalue weighted by Crippen LogP contribution is 2.50. The van der Waals surface area contributed by atoms with E-state index in [1.165, 1.54) is 22.3 Å². The van der Waals surface area contributed by atoms with E-state index < -0.39 is 0 Å². The molecule has 0 N–H and O–H groups in total. The van der Waals surface area contributed by atoms with Crippen LogP contribution in [0.3, 0.4) is 0 Å². The first-order valence-corrected chi connectivity index (χ1v) is 14.0. The van der Waals surface area contributed by atoms with Gasteiger partial charge in [-0.1, -0.05) is 80.6 Å². The summed E-state index contributed by atoms with van der Waals surface area (Å²) in [6.45, 7) is 12.3. The Kier molecular flexibility index (Phi) is 5.16. The van der Waals surface area contributed by atoms with Crippen LogP contribution in [0, 0.1) is 6.57 Å². The molecule has 0 radical (unpaired) electrons. The second-order valence-corrected chi connectivity index (χ2v) is 11.3. The minimum absolute atomic E-state index is 0.108. The van der Waals surface area contributed by atoms with Gasteiger partial charge in [-0.2, -0.15) is 0 Å². The van der Waals surface area contributed by atoms with Crippen LogP contribution in [0.1, 0.15) is 25.0 Å². The first kappa shape index (κ1) is 24.2. The fourth-order valence-electron chi connectivity index (χ4n) is 6.49. The fourth-order valence-corrected chi connectivity index (χ4v) is 6.49. The molecule has 0 fully saturated rings. The van der Waals surface area contributed by atoms with Crippen LogP contribution in [0.25, 0.3) is 65.7 Å². The Hall–Kier alpha value is -5.60. The van der Waals surface area contributed by atoms with E-state index in [0.717, 1.165) is 49.7 Å². The van der Waals surface area contributed by atoms with Crippen molar-refractivity contribution in [2.24, 2.45) is 0 Å². The lowest BCUT2D eigenvalue weighted by molar-refractivity contribution is 0.660. The van der Waals surface area contributed by atoms with Gasteiger partial charge in [0.25, 0.3) is 0 Å². The quantitative estimate of drug-likeness (QED) is 0.210. The maximum absolute atomic E-state index is 7.69. The van der Waals surface area contributed by atoms with Gasteiger partial charge in [0.2, 0.25) is 0 Å². The van der Waals surface area contributed by atoms with Crippen molar-refractivity contribution in [3.8, 4) is 39.1 Å². The predicted molar refractivity (Wildman–Crippen MR) is 169 cm³/mol. The Morgan fingerprint density at radius 3 is 2.24 bits per heavy atom. The maximum atomic E-state index is 7.69. The van der Waals surface area contributed by atoms with Crippen LogP contribution < -0.4 is 0 Å². The van der Waals surface area contributed by atoms with Crippen molar-refractivity contribution in [1.29, 1.82) is 0 Å². The van der Waals surface area contributed by atoms with Crippen molar-refractivity contribution in [3.63, 3.8) is 0 Å². The zero-order valence-electron chi connectivity index (χ0n) is 23.2. The first-order valence-electron chi connectivity index (χ1n) is 14.0. The molecule has 2 heterocycles. The number of aromatic nitrogens is 4. The van der Waals surface area contributed by atoms with Crippen LogP contribution in [0.15, 0.2) is 116 Å². The standard InChI is InChI=1S/C37H25N5/c1-37(2)32-10-6-4-9-27(32)28-14-12-24(20-33(28)37)30-22-34-36(29-15-13-25(38-3)21-31(29)30)41-42(40-34)35-11-7-5-8-26(35)23-16-18-39-19-17-23/h4-22H,1-2H3. The second-order valence-electron chi connectivity index (χ2n) is 11.3. The van der Waals surface area contributed by atoms with Gasteiger partial charge in [-0.15, -0.1) is 15.0 Å². The third-order valence-electron chi connectivity index (χ3n) is 8.60. The van der Waals surface area contributed by atoms with E-state index in [-0.39, 0.29) is 5.41 Å². The summed E-state index contributed by atoms with van der Waals surface area (Å²) in [6.07, 6.45) is 3.59. The number of fused-ring (bicyclic) bond motifs is 6. The minimum Gasteiger partial charge on any atom is -0.265 e. The Morgan fingerprint density at radius 2 is 1.40 bits per heavy atom. The third-order valence-corrected chi connectivity index (χ3v) is 8.60. The lowest BCUT2D eigenvalue weighted by atomic mass is 9.81. The van der Waals surface area contributed by atoms with Crippen molar-refractivity contribution in [3.05, 3.63) is 138 Å². The monoisotopic (exact) mass is 539 g/mol. The molecular weight excluding hydrogens is 514 g/mol. The van der Waals surface area contributed by atoms with E-state index >= 15 is 0 Å². The van der Waals surface area contributed by atoms with Gasteiger partial charge in [0.05, 0.1) is 12.3 Å². The van der Waals surface area contributed by atoms with Gasteiger partial charge < -0.3 is 0 Å². The van der Waals surface area contributed by atoms with E-state index in [0.29, 0.717) is 5.69 Å². The Morgan fingerprint density at radius 1 is 0.643 bits per heavy atom. The number of rotatable bonds is 3. The summed E-state index contributed by atoms with van der Waals surface area (Å²) in [6, 6.07) is 35.6. The molecule has 198 valence electrons. The summed E-state index contributed by atoms with van der Waals surface area (Å²) in [4.78, 5) is 9.65. The minimum atomic E-state index is -0.108. The molecule has 5 aromatic carbocycles. The molecule has 1 aliphatic rings. The van der Waals surface area contributed by atoms with Gasteiger partial charge in [-0.05, 0) is 80.7 Å². The van der Waals surface area contributed by atoms with Crippen LogP contribution in [-0.4, -0.2) is 20.0 Å². The predicted octanol–water partition coefficient (Wildman–Crippen LogP) is 9.16. The molecule has 0 unspecified atom stereocenters. The Bertz CT molecular complexity index is 2240. The number of nitrogens with zero attached hydrogens (tertiary/aromatic N) is 5. The largest absolute Gasteiger partial charge is 0.265 e. The van der Waals surface area contributed by atoms with Gasteiger partial charge in [0.15, 0.2) is 5.69 Å². The van der Waals surface area contributed by atoms with Crippen molar-refractivity contribution < 1.29 is 0 Å². The lowest BCUT2D eigenvalue weighted by Crippen LogP contribution is -2.14. The molecule has 8 rings (SSSR count). The number of para-hydroxylation sites is 1. The molecule has 0 bridgehead atoms. The molecule has 7 aromatic rings. The number of pyridine rings is 1. The van der Waals surface area contributed by atoms with Gasteiger partial charge in [-0.3, -0.25) is 4.98 Å².